The summed E-state index contributed by atoms with van der Waals surface area (Å²) in [5.41, 5.74) is 1.06. The first-order valence-corrected chi connectivity index (χ1v) is 18.0. The van der Waals surface area contributed by atoms with Crippen LogP contribution in [0.3, 0.4) is 0 Å². The number of sulfonamides is 1. The molecule has 2 aromatic carbocycles. The summed E-state index contributed by atoms with van der Waals surface area (Å²) in [6, 6.07) is 16.2. The highest BCUT2D eigenvalue weighted by Gasteiger charge is 2.29. The zero-order chi connectivity index (χ0) is 35.6. The number of carbonyl (C=O) groups is 1. The molecule has 1 unspecified atom stereocenters. The Morgan fingerprint density at radius 1 is 0.980 bits per heavy atom. The van der Waals surface area contributed by atoms with Crippen molar-refractivity contribution in [1.29, 1.82) is 0 Å². The third-order valence-electron chi connectivity index (χ3n) is 7.97. The smallest absolute Gasteiger partial charge is 0.410 e. The van der Waals surface area contributed by atoms with Gasteiger partial charge in [0.25, 0.3) is 0 Å². The van der Waals surface area contributed by atoms with Gasteiger partial charge in [0.2, 0.25) is 21.9 Å². The maximum Gasteiger partial charge on any atom is 0.410 e. The van der Waals surface area contributed by atoms with Crippen molar-refractivity contribution in [3.8, 4) is 22.9 Å². The highest BCUT2D eigenvalue weighted by atomic mass is 32.2. The van der Waals surface area contributed by atoms with Crippen LogP contribution in [0.15, 0.2) is 79.3 Å². The SMILES string of the molecule is Cc1ccc2c(N(c3ccccn3)S(C)(=O)=O)c(F)ccc2c1Oc1ncccc1-c1ccnc(NC2CCCN(C(=O)OC(C)(C)C)C2)n1. The number of anilines is 3. The first kappa shape index (κ1) is 34.5. The van der Waals surface area contributed by atoms with Crippen LogP contribution in [-0.2, 0) is 14.8 Å². The summed E-state index contributed by atoms with van der Waals surface area (Å²) in [4.78, 5) is 32.3. The second-order valence-corrected chi connectivity index (χ2v) is 14.9. The Morgan fingerprint density at radius 3 is 2.50 bits per heavy atom. The molecule has 1 atom stereocenters. The number of amides is 1. The fourth-order valence-electron chi connectivity index (χ4n) is 5.82. The van der Waals surface area contributed by atoms with E-state index in [4.69, 9.17) is 14.5 Å². The van der Waals surface area contributed by atoms with Crippen molar-refractivity contribution >= 4 is 44.3 Å². The van der Waals surface area contributed by atoms with Crippen LogP contribution in [0.1, 0.15) is 39.2 Å². The fraction of sp³-hybridized carbons (Fsp3) is 0.306. The highest BCUT2D eigenvalue weighted by molar-refractivity contribution is 7.92. The van der Waals surface area contributed by atoms with Gasteiger partial charge in [0.15, 0.2) is 0 Å². The van der Waals surface area contributed by atoms with Crippen LogP contribution >= 0.6 is 0 Å². The van der Waals surface area contributed by atoms with Crippen LogP contribution in [0.5, 0.6) is 11.6 Å². The van der Waals surface area contributed by atoms with Crippen molar-refractivity contribution in [3.63, 3.8) is 0 Å². The van der Waals surface area contributed by atoms with E-state index in [9.17, 15) is 13.2 Å². The van der Waals surface area contributed by atoms with Crippen molar-refractivity contribution in [2.75, 3.05) is 29.0 Å². The third-order valence-corrected chi connectivity index (χ3v) is 9.00. The number of aryl methyl sites for hydroxylation is 1. The van der Waals surface area contributed by atoms with E-state index < -0.39 is 21.4 Å². The van der Waals surface area contributed by atoms with Crippen molar-refractivity contribution in [2.45, 2.75) is 52.2 Å². The molecule has 0 spiro atoms. The minimum Gasteiger partial charge on any atom is -0.444 e. The van der Waals surface area contributed by atoms with Crippen molar-refractivity contribution in [2.24, 2.45) is 0 Å². The van der Waals surface area contributed by atoms with Crippen LogP contribution in [-0.4, -0.2) is 70.3 Å². The van der Waals surface area contributed by atoms with Gasteiger partial charge in [-0.2, -0.15) is 0 Å². The summed E-state index contributed by atoms with van der Waals surface area (Å²) < 4.78 is 54.7. The van der Waals surface area contributed by atoms with Gasteiger partial charge in [-0.3, -0.25) is 0 Å². The molecule has 1 saturated heterocycles. The summed E-state index contributed by atoms with van der Waals surface area (Å²) in [7, 11) is -4.01. The number of pyridine rings is 2. The Bertz CT molecular complexity index is 2150. The zero-order valence-electron chi connectivity index (χ0n) is 28.4. The van der Waals surface area contributed by atoms with E-state index >= 15 is 4.39 Å². The Kier molecular flexibility index (Phi) is 9.56. The van der Waals surface area contributed by atoms with E-state index in [0.717, 1.165) is 23.4 Å². The largest absolute Gasteiger partial charge is 0.444 e. The standard InChI is InChI=1S/C36H38FN7O5S/c1-23-13-14-25-26(15-16-28(37)31(25)44(50(5,46)47)30-12-6-7-18-38-30)32(23)48-33-27(11-8-19-39-33)29-17-20-40-34(42-29)41-24-10-9-21-43(22-24)35(45)49-36(2,3)4/h6-8,11-20,24H,9-10,21-22H2,1-5H3,(H,40,41,42). The molecule has 1 aliphatic heterocycles. The molecule has 6 rings (SSSR count). The number of fused-ring (bicyclic) bond motifs is 1. The first-order valence-electron chi connectivity index (χ1n) is 16.1. The molecule has 14 heteroatoms. The monoisotopic (exact) mass is 699 g/mol. The summed E-state index contributed by atoms with van der Waals surface area (Å²) in [5.74, 6) is 0.294. The molecule has 3 aromatic heterocycles. The molecule has 0 radical (unpaired) electrons. The summed E-state index contributed by atoms with van der Waals surface area (Å²) >= 11 is 0. The number of hydrogen-bond acceptors (Lipinski definition) is 10. The lowest BCUT2D eigenvalue weighted by molar-refractivity contribution is 0.0206. The molecule has 0 saturated carbocycles. The summed E-state index contributed by atoms with van der Waals surface area (Å²) in [6.07, 6.45) is 6.94. The van der Waals surface area contributed by atoms with Crippen LogP contribution in [0.2, 0.25) is 0 Å². The number of hydrogen-bond donors (Lipinski definition) is 1. The number of nitrogens with one attached hydrogen (secondary N) is 1. The number of aromatic nitrogens is 4. The molecule has 4 heterocycles. The number of nitrogens with zero attached hydrogens (tertiary/aromatic N) is 6. The maximum absolute atomic E-state index is 15.6. The predicted octanol–water partition coefficient (Wildman–Crippen LogP) is 7.24. The quantitative estimate of drug-likeness (QED) is 0.176. The van der Waals surface area contributed by atoms with Crippen molar-refractivity contribution < 1.29 is 27.1 Å². The Hall–Kier alpha value is -5.37. The summed E-state index contributed by atoms with van der Waals surface area (Å²) in [5, 5.41) is 4.14. The summed E-state index contributed by atoms with van der Waals surface area (Å²) in [6.45, 7) is 8.43. The molecule has 1 aliphatic rings. The minimum absolute atomic E-state index is 0.0513. The lowest BCUT2D eigenvalue weighted by Crippen LogP contribution is -2.47. The zero-order valence-corrected chi connectivity index (χ0v) is 29.2. The van der Waals surface area contributed by atoms with E-state index in [-0.39, 0.29) is 29.5 Å². The molecular weight excluding hydrogens is 662 g/mol. The number of benzene rings is 2. The Morgan fingerprint density at radius 2 is 1.76 bits per heavy atom. The minimum atomic E-state index is -4.01. The Balaban J connectivity index is 1.32. The third kappa shape index (κ3) is 7.59. The van der Waals surface area contributed by atoms with Crippen molar-refractivity contribution in [3.05, 3.63) is 90.6 Å². The number of carbonyl (C=O) groups excluding carboxylic acids is 1. The second kappa shape index (κ2) is 13.9. The van der Waals surface area contributed by atoms with Gasteiger partial charge in [0, 0.05) is 48.5 Å². The van der Waals surface area contributed by atoms with Gasteiger partial charge < -0.3 is 19.7 Å². The van der Waals surface area contributed by atoms with Crippen LogP contribution < -0.4 is 14.4 Å². The molecule has 0 aliphatic carbocycles. The van der Waals surface area contributed by atoms with Crippen molar-refractivity contribution in [1.82, 2.24) is 24.8 Å². The van der Waals surface area contributed by atoms with E-state index in [1.54, 1.807) is 59.8 Å². The van der Waals surface area contributed by atoms with E-state index in [2.05, 4.69) is 20.3 Å². The number of rotatable bonds is 8. The van der Waals surface area contributed by atoms with E-state index in [0.29, 0.717) is 52.4 Å². The predicted molar refractivity (Wildman–Crippen MR) is 190 cm³/mol. The fourth-order valence-corrected chi connectivity index (χ4v) is 6.79. The van der Waals surface area contributed by atoms with Crippen LogP contribution in [0.25, 0.3) is 22.0 Å². The van der Waals surface area contributed by atoms with Gasteiger partial charge in [-0.1, -0.05) is 18.2 Å². The van der Waals surface area contributed by atoms with Gasteiger partial charge in [0.1, 0.15) is 28.7 Å². The second-order valence-electron chi connectivity index (χ2n) is 13.1. The number of likely N-dealkylation sites (tertiary alicyclic amines) is 1. The van der Waals surface area contributed by atoms with E-state index in [1.165, 1.54) is 18.3 Å². The van der Waals surface area contributed by atoms with Gasteiger partial charge in [-0.05, 0) is 88.6 Å². The molecule has 1 N–H and O–H groups in total. The molecule has 1 amide bonds. The average Bonchev–Trinajstić information content (AvgIpc) is 3.07. The number of ether oxygens (including phenoxy) is 2. The normalized spacial score (nSPS) is 15.1. The number of piperidine rings is 1. The molecule has 50 heavy (non-hydrogen) atoms. The highest BCUT2D eigenvalue weighted by Crippen LogP contribution is 2.42. The first-order chi connectivity index (χ1) is 23.8. The lowest BCUT2D eigenvalue weighted by atomic mass is 10.0. The van der Waals surface area contributed by atoms with Crippen LogP contribution in [0, 0.1) is 12.7 Å². The molecule has 5 aromatic rings. The molecule has 0 bridgehead atoms. The molecule has 12 nitrogen and oxygen atoms in total. The average molecular weight is 700 g/mol. The van der Waals surface area contributed by atoms with Gasteiger partial charge in [0.05, 0.1) is 17.5 Å². The Labute approximate surface area is 290 Å². The topological polar surface area (TPSA) is 140 Å². The van der Waals surface area contributed by atoms with Gasteiger partial charge >= 0.3 is 6.09 Å². The van der Waals surface area contributed by atoms with Gasteiger partial charge in [-0.25, -0.2) is 41.8 Å². The lowest BCUT2D eigenvalue weighted by Gasteiger charge is -2.34. The molecule has 1 fully saturated rings. The maximum atomic E-state index is 15.6. The van der Waals surface area contributed by atoms with Gasteiger partial charge in [-0.15, -0.1) is 0 Å². The van der Waals surface area contributed by atoms with Crippen LogP contribution in [0.4, 0.5) is 26.6 Å². The van der Waals surface area contributed by atoms with E-state index in [1.807, 2.05) is 33.8 Å². The molecular formula is C36H38FN7O5S. The number of halogens is 1. The molecule has 260 valence electrons.